The fourth-order valence-electron chi connectivity index (χ4n) is 5.40. The van der Waals surface area contributed by atoms with Crippen LogP contribution < -0.4 is 4.74 Å². The summed E-state index contributed by atoms with van der Waals surface area (Å²) in [7, 11) is 1.70. The molecule has 0 aromatic heterocycles. The van der Waals surface area contributed by atoms with Crippen LogP contribution in [0.1, 0.15) is 46.1 Å². The molecule has 5 atom stereocenters. The Morgan fingerprint density at radius 1 is 1.24 bits per heavy atom. The number of allylic oxidation sites excluding steroid dienone is 1. The summed E-state index contributed by atoms with van der Waals surface area (Å²) in [5.41, 5.74) is 3.05. The molecule has 138 valence electrons. The van der Waals surface area contributed by atoms with Crippen molar-refractivity contribution >= 4 is 0 Å². The first-order chi connectivity index (χ1) is 11.9. The Balaban J connectivity index is 1.68. The van der Waals surface area contributed by atoms with Crippen molar-refractivity contribution in [2.24, 2.45) is 35.0 Å². The number of methoxy groups -OCH3 is 1. The zero-order valence-electron chi connectivity index (χ0n) is 16.5. The highest BCUT2D eigenvalue weighted by Gasteiger charge is 2.57. The fraction of sp³-hybridized carbons (Fsp3) is 0.652. The lowest BCUT2D eigenvalue weighted by Gasteiger charge is -2.44. The Morgan fingerprint density at radius 3 is 2.52 bits per heavy atom. The molecule has 2 heteroatoms. The molecule has 0 aliphatic heterocycles. The van der Waals surface area contributed by atoms with Gasteiger partial charge in [0.05, 0.1) is 20.3 Å². The van der Waals surface area contributed by atoms with Crippen molar-refractivity contribution in [2.75, 3.05) is 13.7 Å². The van der Waals surface area contributed by atoms with Gasteiger partial charge in [-0.2, -0.15) is 0 Å². The molecule has 0 N–H and O–H groups in total. The van der Waals surface area contributed by atoms with Gasteiger partial charge in [0.25, 0.3) is 0 Å². The van der Waals surface area contributed by atoms with Gasteiger partial charge in [-0.15, -0.1) is 0 Å². The van der Waals surface area contributed by atoms with Crippen molar-refractivity contribution in [3.63, 3.8) is 0 Å². The number of fused-ring (bicyclic) bond motifs is 2. The van der Waals surface area contributed by atoms with Crippen LogP contribution in [0, 0.1) is 35.0 Å². The predicted molar refractivity (Wildman–Crippen MR) is 104 cm³/mol. The summed E-state index contributed by atoms with van der Waals surface area (Å²) in [6.45, 7) is 15.7. The number of hydrogen-bond acceptors (Lipinski definition) is 2. The van der Waals surface area contributed by atoms with E-state index in [9.17, 15) is 0 Å². The minimum absolute atomic E-state index is 0.354. The fourth-order valence-corrected chi connectivity index (χ4v) is 5.40. The first-order valence-electron chi connectivity index (χ1n) is 9.77. The summed E-state index contributed by atoms with van der Waals surface area (Å²) in [6, 6.07) is 8.19. The molecular weight excluding hydrogens is 308 g/mol. The highest BCUT2D eigenvalue weighted by Crippen LogP contribution is 2.63. The van der Waals surface area contributed by atoms with E-state index in [1.807, 2.05) is 12.1 Å². The molecule has 0 heterocycles. The van der Waals surface area contributed by atoms with Gasteiger partial charge in [-0.25, -0.2) is 0 Å². The zero-order chi connectivity index (χ0) is 18.2. The van der Waals surface area contributed by atoms with E-state index in [0.29, 0.717) is 29.8 Å². The van der Waals surface area contributed by atoms with Gasteiger partial charge in [-0.3, -0.25) is 0 Å². The van der Waals surface area contributed by atoms with Crippen molar-refractivity contribution in [3.05, 3.63) is 42.0 Å². The van der Waals surface area contributed by atoms with Gasteiger partial charge in [-0.05, 0) is 65.5 Å². The van der Waals surface area contributed by atoms with Crippen molar-refractivity contribution in [2.45, 2.75) is 47.1 Å². The maximum absolute atomic E-state index is 6.22. The Labute approximate surface area is 153 Å². The predicted octanol–water partition coefficient (Wildman–Crippen LogP) is 5.72. The van der Waals surface area contributed by atoms with Crippen molar-refractivity contribution < 1.29 is 9.47 Å². The molecule has 2 aliphatic carbocycles. The number of rotatable bonds is 6. The minimum atomic E-state index is 0.354. The standard InChI is InChI=1S/C23H34O2/c1-15(2)20-11-12-23(5)17(4)16(3)22(20)21(23)14-25-13-18-7-9-19(24-6)10-8-18/h7-10,15,17,20-22H,3,11-14H2,1-2,4-6H3/t17-,20+,21+,22?,23?/m0/s1. The van der Waals surface area contributed by atoms with Gasteiger partial charge >= 0.3 is 0 Å². The molecule has 2 unspecified atom stereocenters. The summed E-state index contributed by atoms with van der Waals surface area (Å²) >= 11 is 0. The highest BCUT2D eigenvalue weighted by atomic mass is 16.5. The maximum atomic E-state index is 6.22. The summed E-state index contributed by atoms with van der Waals surface area (Å²) in [5, 5.41) is 0. The lowest BCUT2D eigenvalue weighted by Crippen LogP contribution is -2.40. The van der Waals surface area contributed by atoms with Crippen LogP contribution in [0.25, 0.3) is 0 Å². The van der Waals surface area contributed by atoms with Gasteiger partial charge in [0, 0.05) is 0 Å². The van der Waals surface area contributed by atoms with Gasteiger partial charge in [0.1, 0.15) is 5.75 Å². The van der Waals surface area contributed by atoms with Gasteiger partial charge in [0.15, 0.2) is 0 Å². The molecular formula is C23H34O2. The van der Waals surface area contributed by atoms with E-state index in [0.717, 1.165) is 24.2 Å². The second kappa shape index (κ2) is 7.15. The van der Waals surface area contributed by atoms with Crippen LogP contribution in [0.5, 0.6) is 5.75 Å². The Bertz CT molecular complexity index is 603. The summed E-state index contributed by atoms with van der Waals surface area (Å²) < 4.78 is 11.4. The van der Waals surface area contributed by atoms with Gasteiger partial charge in [-0.1, -0.05) is 52.0 Å². The van der Waals surface area contributed by atoms with Crippen LogP contribution in [0.4, 0.5) is 0 Å². The lowest BCUT2D eigenvalue weighted by molar-refractivity contribution is -0.0255. The van der Waals surface area contributed by atoms with Crippen LogP contribution >= 0.6 is 0 Å². The quantitative estimate of drug-likeness (QED) is 0.615. The molecule has 2 bridgehead atoms. The SMILES string of the molecule is C=C1C2[C@@H](C(C)C)CCC(C)([C@@H]2COCc2ccc(OC)cc2)[C@H]1C. The van der Waals surface area contributed by atoms with E-state index in [4.69, 9.17) is 9.47 Å². The summed E-state index contributed by atoms with van der Waals surface area (Å²) in [5.74, 6) is 4.22. The normalized spacial score (nSPS) is 34.6. The molecule has 0 amide bonds. The molecule has 0 radical (unpaired) electrons. The number of hydrogen-bond donors (Lipinski definition) is 0. The minimum Gasteiger partial charge on any atom is -0.497 e. The molecule has 2 nitrogen and oxygen atoms in total. The number of ether oxygens (including phenoxy) is 2. The van der Waals surface area contributed by atoms with E-state index < -0.39 is 0 Å². The van der Waals surface area contributed by atoms with Crippen LogP contribution in [-0.4, -0.2) is 13.7 Å². The second-order valence-electron chi connectivity index (χ2n) is 8.74. The lowest BCUT2D eigenvalue weighted by atomic mass is 9.61. The number of benzene rings is 1. The van der Waals surface area contributed by atoms with E-state index in [1.54, 1.807) is 7.11 Å². The summed E-state index contributed by atoms with van der Waals surface area (Å²) in [6.07, 6.45) is 2.65. The first kappa shape index (κ1) is 18.5. The molecule has 1 aromatic carbocycles. The van der Waals surface area contributed by atoms with Gasteiger partial charge in [0.2, 0.25) is 0 Å². The van der Waals surface area contributed by atoms with E-state index in [2.05, 4.69) is 46.4 Å². The summed E-state index contributed by atoms with van der Waals surface area (Å²) in [4.78, 5) is 0. The zero-order valence-corrected chi connectivity index (χ0v) is 16.5. The van der Waals surface area contributed by atoms with E-state index >= 15 is 0 Å². The molecule has 1 aromatic rings. The third kappa shape index (κ3) is 3.26. The molecule has 2 saturated carbocycles. The van der Waals surface area contributed by atoms with Crippen molar-refractivity contribution in [1.82, 2.24) is 0 Å². The Hall–Kier alpha value is -1.28. The first-order valence-corrected chi connectivity index (χ1v) is 9.77. The largest absolute Gasteiger partial charge is 0.497 e. The topological polar surface area (TPSA) is 18.5 Å². The highest BCUT2D eigenvalue weighted by molar-refractivity contribution is 5.27. The third-order valence-electron chi connectivity index (χ3n) is 7.31. The smallest absolute Gasteiger partial charge is 0.118 e. The molecule has 0 saturated heterocycles. The monoisotopic (exact) mass is 342 g/mol. The van der Waals surface area contributed by atoms with Gasteiger partial charge < -0.3 is 9.47 Å². The van der Waals surface area contributed by atoms with Crippen LogP contribution in [0.2, 0.25) is 0 Å². The van der Waals surface area contributed by atoms with Crippen LogP contribution in [0.3, 0.4) is 0 Å². The molecule has 2 aliphatic rings. The van der Waals surface area contributed by atoms with Crippen LogP contribution in [-0.2, 0) is 11.3 Å². The van der Waals surface area contributed by atoms with E-state index in [-0.39, 0.29) is 0 Å². The molecule has 3 rings (SSSR count). The average molecular weight is 343 g/mol. The average Bonchev–Trinajstić information content (AvgIpc) is 2.72. The molecule has 0 spiro atoms. The Morgan fingerprint density at radius 2 is 1.92 bits per heavy atom. The molecule has 25 heavy (non-hydrogen) atoms. The second-order valence-corrected chi connectivity index (χ2v) is 8.74. The Kier molecular flexibility index (Phi) is 5.29. The molecule has 2 fully saturated rings. The van der Waals surface area contributed by atoms with Crippen molar-refractivity contribution in [3.8, 4) is 5.75 Å². The van der Waals surface area contributed by atoms with Crippen molar-refractivity contribution in [1.29, 1.82) is 0 Å². The third-order valence-corrected chi connectivity index (χ3v) is 7.31. The van der Waals surface area contributed by atoms with E-state index in [1.165, 1.54) is 24.0 Å². The maximum Gasteiger partial charge on any atom is 0.118 e. The van der Waals surface area contributed by atoms with Crippen LogP contribution in [0.15, 0.2) is 36.4 Å².